The molecule has 0 aliphatic carbocycles. The van der Waals surface area contributed by atoms with E-state index in [1.165, 1.54) is 17.4 Å². The first-order valence-corrected chi connectivity index (χ1v) is 5.35. The number of fused-ring (bicyclic) bond motifs is 1. The molecule has 2 rings (SSSR count). The van der Waals surface area contributed by atoms with Crippen molar-refractivity contribution in [2.24, 2.45) is 0 Å². The number of methoxy groups -OCH3 is 1. The van der Waals surface area contributed by atoms with E-state index in [1.807, 2.05) is 6.07 Å². The molecule has 1 heterocycles. The highest BCUT2D eigenvalue weighted by Crippen LogP contribution is 2.18. The van der Waals surface area contributed by atoms with Crippen molar-refractivity contribution >= 4 is 11.0 Å². The number of furan rings is 1. The minimum absolute atomic E-state index is 0.850. The van der Waals surface area contributed by atoms with Crippen LogP contribution >= 0.6 is 0 Å². The third-order valence-electron chi connectivity index (χ3n) is 2.58. The van der Waals surface area contributed by atoms with Crippen LogP contribution in [0, 0.1) is 0 Å². The zero-order chi connectivity index (χ0) is 10.5. The van der Waals surface area contributed by atoms with Gasteiger partial charge in [0.2, 0.25) is 0 Å². The number of ether oxygens (including phenoxy) is 1. The topological polar surface area (TPSA) is 22.4 Å². The van der Waals surface area contributed by atoms with Gasteiger partial charge in [-0.3, -0.25) is 0 Å². The minimum atomic E-state index is 0.850. The smallest absolute Gasteiger partial charge is 0.134 e. The Morgan fingerprint density at radius 1 is 1.20 bits per heavy atom. The highest BCUT2D eigenvalue weighted by atomic mass is 16.5. The Balaban J connectivity index is 1.96. The van der Waals surface area contributed by atoms with E-state index in [1.54, 1.807) is 13.4 Å². The number of hydrogen-bond donors (Lipinski definition) is 0. The molecule has 0 radical (unpaired) electrons. The van der Waals surface area contributed by atoms with E-state index < -0.39 is 0 Å². The number of aryl methyl sites for hydroxylation is 1. The van der Waals surface area contributed by atoms with Gasteiger partial charge in [-0.15, -0.1) is 0 Å². The normalized spacial score (nSPS) is 11.0. The van der Waals surface area contributed by atoms with Crippen LogP contribution < -0.4 is 0 Å². The summed E-state index contributed by atoms with van der Waals surface area (Å²) in [6.45, 7) is 0.850. The predicted molar refractivity (Wildman–Crippen MR) is 61.0 cm³/mol. The summed E-state index contributed by atoms with van der Waals surface area (Å²) in [4.78, 5) is 0. The zero-order valence-corrected chi connectivity index (χ0v) is 9.03. The van der Waals surface area contributed by atoms with Crippen LogP contribution in [0.1, 0.15) is 18.4 Å². The zero-order valence-electron chi connectivity index (χ0n) is 9.03. The van der Waals surface area contributed by atoms with Gasteiger partial charge in [0.05, 0.1) is 6.26 Å². The third-order valence-corrected chi connectivity index (χ3v) is 2.58. The van der Waals surface area contributed by atoms with E-state index in [4.69, 9.17) is 9.15 Å². The summed E-state index contributed by atoms with van der Waals surface area (Å²) < 4.78 is 10.4. The molecule has 0 fully saturated rings. The van der Waals surface area contributed by atoms with Gasteiger partial charge in [0.1, 0.15) is 5.58 Å². The average molecular weight is 204 g/mol. The molecule has 0 aliphatic heterocycles. The molecule has 2 aromatic rings. The number of unbranched alkanes of at least 4 members (excludes halogenated alkanes) is 1. The largest absolute Gasteiger partial charge is 0.464 e. The molecule has 0 N–H and O–H groups in total. The highest BCUT2D eigenvalue weighted by molar-refractivity contribution is 5.77. The SMILES string of the molecule is COCCCCc1ccc2ccoc2c1. The van der Waals surface area contributed by atoms with Crippen molar-refractivity contribution in [1.82, 2.24) is 0 Å². The molecule has 15 heavy (non-hydrogen) atoms. The summed E-state index contributed by atoms with van der Waals surface area (Å²) in [7, 11) is 1.74. The van der Waals surface area contributed by atoms with Crippen molar-refractivity contribution in [2.75, 3.05) is 13.7 Å². The summed E-state index contributed by atoms with van der Waals surface area (Å²) in [5.74, 6) is 0. The van der Waals surface area contributed by atoms with Gasteiger partial charge in [-0.2, -0.15) is 0 Å². The van der Waals surface area contributed by atoms with Crippen molar-refractivity contribution in [1.29, 1.82) is 0 Å². The maximum atomic E-state index is 5.36. The van der Waals surface area contributed by atoms with E-state index in [-0.39, 0.29) is 0 Å². The summed E-state index contributed by atoms with van der Waals surface area (Å²) in [6.07, 6.45) is 5.12. The Labute approximate surface area is 89.8 Å². The van der Waals surface area contributed by atoms with E-state index in [2.05, 4.69) is 18.2 Å². The first-order valence-electron chi connectivity index (χ1n) is 5.35. The lowest BCUT2D eigenvalue weighted by molar-refractivity contribution is 0.193. The van der Waals surface area contributed by atoms with E-state index in [0.717, 1.165) is 25.0 Å². The van der Waals surface area contributed by atoms with Gasteiger partial charge in [-0.25, -0.2) is 0 Å². The molecule has 0 bridgehead atoms. The van der Waals surface area contributed by atoms with E-state index >= 15 is 0 Å². The molecule has 2 nitrogen and oxygen atoms in total. The molecule has 0 unspecified atom stereocenters. The van der Waals surface area contributed by atoms with Gasteiger partial charge >= 0.3 is 0 Å². The summed E-state index contributed by atoms with van der Waals surface area (Å²) in [6, 6.07) is 8.40. The molecule has 2 heteroatoms. The fraction of sp³-hybridized carbons (Fsp3) is 0.385. The van der Waals surface area contributed by atoms with Crippen molar-refractivity contribution in [3.8, 4) is 0 Å². The molecule has 0 amide bonds. The molecule has 1 aromatic heterocycles. The first-order chi connectivity index (χ1) is 7.40. The van der Waals surface area contributed by atoms with Crippen molar-refractivity contribution in [3.63, 3.8) is 0 Å². The Hall–Kier alpha value is -1.28. The van der Waals surface area contributed by atoms with Crippen LogP contribution in [0.25, 0.3) is 11.0 Å². The second-order valence-electron chi connectivity index (χ2n) is 3.74. The summed E-state index contributed by atoms with van der Waals surface area (Å²) in [5, 5.41) is 1.18. The number of rotatable bonds is 5. The maximum Gasteiger partial charge on any atom is 0.134 e. The van der Waals surface area contributed by atoms with Gasteiger partial charge in [0.15, 0.2) is 0 Å². The lowest BCUT2D eigenvalue weighted by Gasteiger charge is -2.01. The lowest BCUT2D eigenvalue weighted by atomic mass is 10.1. The van der Waals surface area contributed by atoms with Gasteiger partial charge < -0.3 is 9.15 Å². The quantitative estimate of drug-likeness (QED) is 0.696. The maximum absolute atomic E-state index is 5.36. The van der Waals surface area contributed by atoms with Crippen LogP contribution in [-0.2, 0) is 11.2 Å². The molecule has 80 valence electrons. The molecule has 0 saturated heterocycles. The van der Waals surface area contributed by atoms with Crippen molar-refractivity contribution < 1.29 is 9.15 Å². The van der Waals surface area contributed by atoms with Crippen molar-refractivity contribution in [2.45, 2.75) is 19.3 Å². The van der Waals surface area contributed by atoms with E-state index in [9.17, 15) is 0 Å². The Morgan fingerprint density at radius 2 is 2.13 bits per heavy atom. The molecule has 0 atom stereocenters. The Bertz CT molecular complexity index is 417. The van der Waals surface area contributed by atoms with Crippen LogP contribution in [0.2, 0.25) is 0 Å². The van der Waals surface area contributed by atoms with Crippen LogP contribution in [-0.4, -0.2) is 13.7 Å². The van der Waals surface area contributed by atoms with Crippen LogP contribution in [0.4, 0.5) is 0 Å². The van der Waals surface area contributed by atoms with E-state index in [0.29, 0.717) is 0 Å². The van der Waals surface area contributed by atoms with Crippen LogP contribution in [0.15, 0.2) is 34.9 Å². The van der Waals surface area contributed by atoms with Gasteiger partial charge in [0.25, 0.3) is 0 Å². The molecule has 0 aliphatic rings. The monoisotopic (exact) mass is 204 g/mol. The fourth-order valence-electron chi connectivity index (χ4n) is 1.73. The molecule has 0 spiro atoms. The van der Waals surface area contributed by atoms with Crippen LogP contribution in [0.3, 0.4) is 0 Å². The standard InChI is InChI=1S/C13H16O2/c1-14-8-3-2-4-11-5-6-12-7-9-15-13(12)10-11/h5-7,9-10H,2-4,8H2,1H3. The van der Waals surface area contributed by atoms with Crippen LogP contribution in [0.5, 0.6) is 0 Å². The summed E-state index contributed by atoms with van der Waals surface area (Å²) >= 11 is 0. The highest BCUT2D eigenvalue weighted by Gasteiger charge is 1.98. The summed E-state index contributed by atoms with van der Waals surface area (Å²) in [5.41, 5.74) is 2.33. The molecular weight excluding hydrogens is 188 g/mol. The van der Waals surface area contributed by atoms with Gasteiger partial charge in [-0.1, -0.05) is 12.1 Å². The van der Waals surface area contributed by atoms with Gasteiger partial charge in [0, 0.05) is 19.1 Å². The molecule has 1 aromatic carbocycles. The van der Waals surface area contributed by atoms with Crippen molar-refractivity contribution in [3.05, 3.63) is 36.1 Å². The minimum Gasteiger partial charge on any atom is -0.464 e. The number of benzene rings is 1. The second kappa shape index (κ2) is 4.99. The number of hydrogen-bond acceptors (Lipinski definition) is 2. The molecule has 0 saturated carbocycles. The lowest BCUT2D eigenvalue weighted by Crippen LogP contribution is -1.91. The predicted octanol–water partition coefficient (Wildman–Crippen LogP) is 3.40. The first kappa shape index (κ1) is 10.2. The molecular formula is C13H16O2. The second-order valence-corrected chi connectivity index (χ2v) is 3.74. The average Bonchev–Trinajstić information content (AvgIpc) is 2.71. The Kier molecular flexibility index (Phi) is 3.41. The third kappa shape index (κ3) is 2.60. The Morgan fingerprint density at radius 3 is 3.00 bits per heavy atom. The van der Waals surface area contributed by atoms with Gasteiger partial charge in [-0.05, 0) is 37.0 Å². The fourth-order valence-corrected chi connectivity index (χ4v) is 1.73.